The van der Waals surface area contributed by atoms with Gasteiger partial charge in [0.15, 0.2) is 17.1 Å². The number of hydrogen-bond donors (Lipinski definition) is 1. The van der Waals surface area contributed by atoms with Gasteiger partial charge in [-0.25, -0.2) is 19.1 Å². The van der Waals surface area contributed by atoms with Crippen molar-refractivity contribution < 1.29 is 130 Å². The number of hydrogen-bond acceptors (Lipinski definition) is 15. The van der Waals surface area contributed by atoms with Crippen LogP contribution in [0.5, 0.6) is 17.2 Å². The first-order valence-corrected chi connectivity index (χ1v) is 30.8. The fourth-order valence-corrected chi connectivity index (χ4v) is 13.6. The van der Waals surface area contributed by atoms with E-state index in [1.54, 1.807) is 78.2 Å². The minimum absolute atomic E-state index is 0. The number of ether oxygens (including phenoxy) is 3. The van der Waals surface area contributed by atoms with Crippen LogP contribution in [0.3, 0.4) is 0 Å². The third kappa shape index (κ3) is 15.9. The maximum absolute atomic E-state index is 14.3. The Bertz CT molecular complexity index is 3510. The van der Waals surface area contributed by atoms with E-state index in [0.29, 0.717) is 97.2 Å². The molecular formula is C62H66N6Na2O15P2. The smallest absolute Gasteiger partial charge is 0.790 e. The predicted molar refractivity (Wildman–Crippen MR) is 307 cm³/mol. The van der Waals surface area contributed by atoms with Gasteiger partial charge in [-0.3, -0.25) is 28.0 Å². The molecule has 0 unspecified atom stereocenters. The maximum atomic E-state index is 14.3. The third-order valence-corrected chi connectivity index (χ3v) is 17.5. The van der Waals surface area contributed by atoms with Crippen LogP contribution in [0.4, 0.5) is 17.1 Å². The molecule has 6 aliphatic heterocycles. The second-order valence-electron chi connectivity index (χ2n) is 22.9. The van der Waals surface area contributed by atoms with Gasteiger partial charge >= 0.3 is 66.9 Å². The van der Waals surface area contributed by atoms with E-state index in [4.69, 9.17) is 52.0 Å². The molecule has 1 N–H and O–H groups in total. The molecule has 0 spiro atoms. The Morgan fingerprint density at radius 2 is 0.862 bits per heavy atom. The molecular weight excluding hydrogens is 1180 g/mol. The number of benzene rings is 5. The Morgan fingerprint density at radius 3 is 1.20 bits per heavy atom. The first-order valence-electron chi connectivity index (χ1n) is 27.9. The zero-order valence-corrected chi connectivity index (χ0v) is 55.7. The van der Waals surface area contributed by atoms with E-state index in [9.17, 15) is 38.4 Å². The molecule has 6 heterocycles. The van der Waals surface area contributed by atoms with Gasteiger partial charge in [0.2, 0.25) is 17.7 Å². The molecule has 0 radical (unpaired) electrons. The van der Waals surface area contributed by atoms with Crippen molar-refractivity contribution in [3.63, 3.8) is 0 Å². The molecule has 0 saturated carbocycles. The van der Waals surface area contributed by atoms with Crippen molar-refractivity contribution in [3.05, 3.63) is 177 Å². The number of aliphatic hydroxyl groups excluding tert-OH is 1. The first kappa shape index (κ1) is 69.0. The summed E-state index contributed by atoms with van der Waals surface area (Å²) in [6.45, 7) is 33.9. The summed E-state index contributed by atoms with van der Waals surface area (Å²) in [5.74, 6) is 1.51. The van der Waals surface area contributed by atoms with Crippen molar-refractivity contribution in [1.82, 2.24) is 14.7 Å². The van der Waals surface area contributed by atoms with E-state index in [1.807, 2.05) is 88.4 Å². The number of carbonyl (C=O) groups is 3. The van der Waals surface area contributed by atoms with Crippen molar-refractivity contribution in [1.29, 1.82) is 0 Å². The number of fused-ring (bicyclic) bond motifs is 3. The van der Waals surface area contributed by atoms with Crippen LogP contribution < -0.4 is 83.1 Å². The Hall–Kier alpha value is -5.44. The molecule has 21 nitrogen and oxygen atoms in total. The number of aliphatic hydroxyl groups is 1. The minimum Gasteiger partial charge on any atom is -0.790 e. The molecule has 446 valence electrons. The number of carbonyl (C=O) groups excluding carboxylic acids is 3. The zero-order valence-electron chi connectivity index (χ0n) is 50.0. The topological polar surface area (TPSA) is 239 Å². The van der Waals surface area contributed by atoms with E-state index in [1.165, 1.54) is 4.90 Å². The van der Waals surface area contributed by atoms with E-state index in [0.717, 1.165) is 23.1 Å². The van der Waals surface area contributed by atoms with Crippen LogP contribution in [0.1, 0.15) is 126 Å². The zero-order chi connectivity index (χ0) is 61.1. The summed E-state index contributed by atoms with van der Waals surface area (Å²) in [7, 11) is -9.53. The van der Waals surface area contributed by atoms with Crippen LogP contribution in [0, 0.1) is 19.7 Å². The monoisotopic (exact) mass is 1240 g/mol. The van der Waals surface area contributed by atoms with Crippen LogP contribution >= 0.6 is 15.6 Å². The maximum Gasteiger partial charge on any atom is 1.00 e. The number of phosphoric ester groups is 2. The van der Waals surface area contributed by atoms with Crippen molar-refractivity contribution in [2.45, 2.75) is 147 Å². The Labute approximate surface area is 551 Å². The second kappa shape index (κ2) is 28.6. The summed E-state index contributed by atoms with van der Waals surface area (Å²) < 4.78 is 66.7. The molecule has 6 aliphatic rings. The third-order valence-electron chi connectivity index (χ3n) is 15.7. The molecule has 3 fully saturated rings. The van der Waals surface area contributed by atoms with E-state index < -0.39 is 68.9 Å². The molecule has 87 heavy (non-hydrogen) atoms. The fraction of sp³-hybridized carbons (Fsp3) is 0.419. The molecule has 11 rings (SSSR count). The van der Waals surface area contributed by atoms with Gasteiger partial charge in [0.05, 0.1) is 58.9 Å². The second-order valence-corrected chi connectivity index (χ2v) is 25.7. The quantitative estimate of drug-likeness (QED) is 0.0953. The molecule has 0 aliphatic carbocycles. The van der Waals surface area contributed by atoms with E-state index >= 15 is 0 Å². The van der Waals surface area contributed by atoms with Gasteiger partial charge in [-0.1, -0.05) is 78.9 Å². The number of rotatable bonds is 13. The van der Waals surface area contributed by atoms with Crippen LogP contribution in [0.15, 0.2) is 115 Å². The number of amides is 3. The summed E-state index contributed by atoms with van der Waals surface area (Å²) in [6.07, 6.45) is 0.469. The van der Waals surface area contributed by atoms with Gasteiger partial charge in [-0.05, 0) is 108 Å². The average molecular weight is 1240 g/mol. The number of likely N-dealkylation sites (tertiary alicyclic amines) is 3. The standard InChI is InChI=1S/C30H31N2O6P.C16H19N2O6P.C16H18N2O3.2Na/c1-30(2)29(28(32-18-10-15-27(32)33)25-19-24(31-3)16-17-26(25)37-30)38-39(34,35-20-22-11-6-4-7-12-22)36-21-23-13-8-5-9-14-23;1-16(2)15(24-25(20,21)22)14(18-8-4-5-13(18)19)11-9-10(17-3)6-7-12(11)23-16;1-16(2)15(20)14(18-8-4-5-13(18)19)11-9-10(17-3)6-7-12(11)21-16;;/h4-9,11-14,16-17,19,28-29H,10,15,18,20-21H2,1-2H3;6-7,9,14-15H,4-5,8H2,1-2H3,(H2,20,21,22);6-7,9,14-15,20H,4-5,8H2,1-2H3;;/q;;;2*+1/p-2/t28-,29+;2*14-,15+;;/m000../s1. The number of phosphoric acid groups is 2. The van der Waals surface area contributed by atoms with Gasteiger partial charge in [0, 0.05) is 55.6 Å². The fourth-order valence-electron chi connectivity index (χ4n) is 11.5. The van der Waals surface area contributed by atoms with Crippen molar-refractivity contribution in [2.24, 2.45) is 0 Å². The molecule has 5 aromatic rings. The predicted octanol–water partition coefficient (Wildman–Crippen LogP) is 4.73. The van der Waals surface area contributed by atoms with Gasteiger partial charge < -0.3 is 52.9 Å². The summed E-state index contributed by atoms with van der Waals surface area (Å²) >= 11 is 0. The van der Waals surface area contributed by atoms with Crippen LogP contribution in [0.25, 0.3) is 14.5 Å². The molecule has 25 heteroatoms. The van der Waals surface area contributed by atoms with Gasteiger partial charge in [-0.15, -0.1) is 0 Å². The van der Waals surface area contributed by atoms with Crippen LogP contribution in [-0.2, 0) is 54.8 Å². The Kier molecular flexibility index (Phi) is 22.7. The molecule has 3 amide bonds. The summed E-state index contributed by atoms with van der Waals surface area (Å²) in [5, 5.41) is 10.7. The summed E-state index contributed by atoms with van der Waals surface area (Å²) in [6, 6.07) is 31.9. The van der Waals surface area contributed by atoms with Gasteiger partial charge in [-0.2, -0.15) is 0 Å². The molecule has 0 bridgehead atoms. The van der Waals surface area contributed by atoms with Gasteiger partial charge in [0.1, 0.15) is 52.4 Å². The summed E-state index contributed by atoms with van der Waals surface area (Å²) in [5.41, 5.74) is 1.73. The van der Waals surface area contributed by atoms with Crippen molar-refractivity contribution in [3.8, 4) is 17.2 Å². The Morgan fingerprint density at radius 1 is 0.529 bits per heavy atom. The molecule has 3 saturated heterocycles. The molecule has 5 aromatic carbocycles. The molecule has 0 aromatic heterocycles. The molecule has 6 atom stereocenters. The van der Waals surface area contributed by atoms with E-state index in [2.05, 4.69) is 14.5 Å². The number of nitrogens with zero attached hydrogens (tertiary/aromatic N) is 6. The SMILES string of the molecule is [C-]#[N+]c1ccc2c(c1)[C@H](N1CCCC1=O)[C@@H](O)C(C)(C)O2.[C-]#[N+]c1ccc2c(c1)[C@H](N1CCCC1=O)[C@@H](OP(=O)(OCc1ccccc1)OCc1ccccc1)C(C)(C)O2.[C-]#[N+]c1ccc2c(c1)[C@H](N1CCCC1=O)[C@@H](OP(=O)([O-])[O-])C(C)(C)O2.[Na+].[Na+]. The van der Waals surface area contributed by atoms with Gasteiger partial charge in [0.25, 0.3) is 0 Å². The van der Waals surface area contributed by atoms with Crippen LogP contribution in [0.2, 0.25) is 0 Å². The largest absolute Gasteiger partial charge is 1.00 e. The van der Waals surface area contributed by atoms with Crippen molar-refractivity contribution in [2.75, 3.05) is 19.6 Å². The first-order chi connectivity index (χ1) is 40.3. The van der Waals surface area contributed by atoms with Crippen LogP contribution in [-0.4, -0.2) is 92.3 Å². The van der Waals surface area contributed by atoms with Crippen molar-refractivity contribution >= 4 is 50.4 Å². The summed E-state index contributed by atoms with van der Waals surface area (Å²) in [4.78, 5) is 75.4. The average Bonchev–Trinajstić information content (AvgIpc) is 1.61. The Balaban J connectivity index is 0.000000195. The normalized spacial score (nSPS) is 22.8. The van der Waals surface area contributed by atoms with E-state index in [-0.39, 0.29) is 90.0 Å². The minimum atomic E-state index is -5.32.